The van der Waals surface area contributed by atoms with Crippen LogP contribution >= 0.6 is 22.9 Å². The lowest BCUT2D eigenvalue weighted by Gasteiger charge is -2.28. The minimum absolute atomic E-state index is 0.0616. The Balaban J connectivity index is 2.63. The number of rotatable bonds is 6. The molecule has 112 valence electrons. The van der Waals surface area contributed by atoms with E-state index < -0.39 is 5.97 Å². The van der Waals surface area contributed by atoms with Gasteiger partial charge in [0.2, 0.25) is 0 Å². The molecule has 2 amide bonds. The fourth-order valence-electron chi connectivity index (χ4n) is 1.71. The van der Waals surface area contributed by atoms with E-state index in [0.717, 1.165) is 4.88 Å². The van der Waals surface area contributed by atoms with Crippen molar-refractivity contribution in [2.75, 3.05) is 6.54 Å². The Morgan fingerprint density at radius 3 is 2.50 bits per heavy atom. The number of carbonyl (C=O) groups excluding carboxylic acids is 1. The second kappa shape index (κ2) is 7.50. The van der Waals surface area contributed by atoms with E-state index in [1.54, 1.807) is 6.07 Å². The maximum atomic E-state index is 12.2. The van der Waals surface area contributed by atoms with Crippen LogP contribution in [0.1, 0.15) is 38.1 Å². The summed E-state index contributed by atoms with van der Waals surface area (Å²) in [6.45, 7) is 5.77. The molecule has 1 heterocycles. The zero-order valence-electron chi connectivity index (χ0n) is 11.7. The molecule has 2 N–H and O–H groups in total. The summed E-state index contributed by atoms with van der Waals surface area (Å²) in [7, 11) is 0. The second-order valence-corrected chi connectivity index (χ2v) is 6.49. The van der Waals surface area contributed by atoms with Crippen LogP contribution in [0.15, 0.2) is 12.1 Å². The Hall–Kier alpha value is -1.27. The highest BCUT2D eigenvalue weighted by Crippen LogP contribution is 2.26. The van der Waals surface area contributed by atoms with Gasteiger partial charge in [0.25, 0.3) is 0 Å². The van der Waals surface area contributed by atoms with Crippen molar-refractivity contribution in [1.82, 2.24) is 10.2 Å². The van der Waals surface area contributed by atoms with Gasteiger partial charge in [-0.25, -0.2) is 4.79 Å². The molecule has 0 radical (unpaired) electrons. The summed E-state index contributed by atoms with van der Waals surface area (Å²) in [5.74, 6) is -0.915. The predicted octanol–water partition coefficient (Wildman–Crippen LogP) is 3.36. The normalized spacial score (nSPS) is 12.2. The van der Waals surface area contributed by atoms with Crippen LogP contribution in [-0.4, -0.2) is 34.6 Å². The molecule has 0 saturated heterocycles. The molecule has 1 unspecified atom stereocenters. The van der Waals surface area contributed by atoms with Gasteiger partial charge in [0.05, 0.1) is 16.8 Å². The van der Waals surface area contributed by atoms with Gasteiger partial charge in [-0.3, -0.25) is 4.79 Å². The van der Waals surface area contributed by atoms with Gasteiger partial charge < -0.3 is 15.3 Å². The monoisotopic (exact) mass is 318 g/mol. The summed E-state index contributed by atoms with van der Waals surface area (Å²) >= 11 is 7.28. The number of aliphatic carboxylic acids is 1. The van der Waals surface area contributed by atoms with Gasteiger partial charge in [0.1, 0.15) is 0 Å². The summed E-state index contributed by atoms with van der Waals surface area (Å²) in [4.78, 5) is 25.3. The molecule has 0 aliphatic heterocycles. The van der Waals surface area contributed by atoms with E-state index in [1.807, 2.05) is 26.8 Å². The number of halogens is 1. The van der Waals surface area contributed by atoms with E-state index >= 15 is 0 Å². The lowest BCUT2D eigenvalue weighted by Crippen LogP contribution is -2.45. The summed E-state index contributed by atoms with van der Waals surface area (Å²) < 4.78 is 0.674. The average molecular weight is 319 g/mol. The molecule has 1 atom stereocenters. The third kappa shape index (κ3) is 5.02. The Kier molecular flexibility index (Phi) is 6.29. The number of hydrogen-bond acceptors (Lipinski definition) is 3. The zero-order chi connectivity index (χ0) is 15.3. The fraction of sp³-hybridized carbons (Fsp3) is 0.538. The highest BCUT2D eigenvalue weighted by atomic mass is 35.5. The molecule has 7 heteroatoms. The lowest BCUT2D eigenvalue weighted by molar-refractivity contribution is -0.137. The third-order valence-corrected chi connectivity index (χ3v) is 4.23. The molecular formula is C13H19ClN2O3S. The van der Waals surface area contributed by atoms with Gasteiger partial charge in [-0.05, 0) is 32.9 Å². The zero-order valence-corrected chi connectivity index (χ0v) is 13.3. The van der Waals surface area contributed by atoms with Gasteiger partial charge in [0.15, 0.2) is 0 Å². The van der Waals surface area contributed by atoms with E-state index in [9.17, 15) is 9.59 Å². The van der Waals surface area contributed by atoms with Crippen LogP contribution in [0.3, 0.4) is 0 Å². The SMILES string of the molecule is CC(NC(=O)N(CCC(=O)O)C(C)C)c1ccc(Cl)s1. The Morgan fingerprint density at radius 1 is 1.40 bits per heavy atom. The van der Waals surface area contributed by atoms with Crippen LogP contribution < -0.4 is 5.32 Å². The van der Waals surface area contributed by atoms with Crippen molar-refractivity contribution in [2.24, 2.45) is 0 Å². The van der Waals surface area contributed by atoms with Crippen LogP contribution in [0.25, 0.3) is 0 Å². The largest absolute Gasteiger partial charge is 0.481 e. The summed E-state index contributed by atoms with van der Waals surface area (Å²) in [6, 6.07) is 3.17. The van der Waals surface area contributed by atoms with Crippen molar-refractivity contribution < 1.29 is 14.7 Å². The quantitative estimate of drug-likeness (QED) is 0.845. The molecule has 0 aliphatic rings. The second-order valence-electron chi connectivity index (χ2n) is 4.74. The van der Waals surface area contributed by atoms with Crippen molar-refractivity contribution in [3.63, 3.8) is 0 Å². The minimum Gasteiger partial charge on any atom is -0.481 e. The smallest absolute Gasteiger partial charge is 0.318 e. The van der Waals surface area contributed by atoms with E-state index in [2.05, 4.69) is 5.32 Å². The van der Waals surface area contributed by atoms with Crippen molar-refractivity contribution in [2.45, 2.75) is 39.3 Å². The average Bonchev–Trinajstić information content (AvgIpc) is 2.75. The van der Waals surface area contributed by atoms with Crippen LogP contribution in [0, 0.1) is 0 Å². The molecule has 0 saturated carbocycles. The Bertz CT molecular complexity index is 476. The highest BCUT2D eigenvalue weighted by molar-refractivity contribution is 7.16. The summed E-state index contributed by atoms with van der Waals surface area (Å²) in [6.07, 6.45) is -0.0647. The topological polar surface area (TPSA) is 69.6 Å². The molecule has 1 rings (SSSR count). The van der Waals surface area contributed by atoms with E-state index in [1.165, 1.54) is 16.2 Å². The molecule has 0 aromatic carbocycles. The number of amides is 2. The number of urea groups is 1. The van der Waals surface area contributed by atoms with Gasteiger partial charge in [0, 0.05) is 17.5 Å². The van der Waals surface area contributed by atoms with Crippen LogP contribution in [0.4, 0.5) is 4.79 Å². The maximum absolute atomic E-state index is 12.2. The molecule has 0 spiro atoms. The van der Waals surface area contributed by atoms with Crippen molar-refractivity contribution >= 4 is 34.9 Å². The van der Waals surface area contributed by atoms with Crippen LogP contribution in [0.5, 0.6) is 0 Å². The Labute approximate surface area is 127 Å². The number of carboxylic acids is 1. The summed E-state index contributed by atoms with van der Waals surface area (Å²) in [5.41, 5.74) is 0. The van der Waals surface area contributed by atoms with E-state index in [-0.39, 0.29) is 31.1 Å². The van der Waals surface area contributed by atoms with Gasteiger partial charge >= 0.3 is 12.0 Å². The van der Waals surface area contributed by atoms with Gasteiger partial charge in [-0.1, -0.05) is 11.6 Å². The number of carbonyl (C=O) groups is 2. The molecule has 0 fully saturated rings. The van der Waals surface area contributed by atoms with Crippen LogP contribution in [-0.2, 0) is 4.79 Å². The standard InChI is InChI=1S/C13H19ClN2O3S/c1-8(2)16(7-6-12(17)18)13(19)15-9(3)10-4-5-11(14)20-10/h4-5,8-9H,6-7H2,1-3H3,(H,15,19)(H,17,18). The fourth-order valence-corrected chi connectivity index (χ4v) is 2.77. The van der Waals surface area contributed by atoms with Crippen LogP contribution in [0.2, 0.25) is 4.34 Å². The lowest BCUT2D eigenvalue weighted by atomic mass is 10.2. The Morgan fingerprint density at radius 2 is 2.05 bits per heavy atom. The first-order valence-electron chi connectivity index (χ1n) is 6.35. The molecular weight excluding hydrogens is 300 g/mol. The summed E-state index contributed by atoms with van der Waals surface area (Å²) in [5, 5.41) is 11.6. The van der Waals surface area contributed by atoms with Crippen molar-refractivity contribution in [3.05, 3.63) is 21.3 Å². The molecule has 0 bridgehead atoms. The number of nitrogens with zero attached hydrogens (tertiary/aromatic N) is 1. The maximum Gasteiger partial charge on any atom is 0.318 e. The van der Waals surface area contributed by atoms with Crippen molar-refractivity contribution in [3.8, 4) is 0 Å². The number of hydrogen-bond donors (Lipinski definition) is 2. The first-order chi connectivity index (χ1) is 9.31. The van der Waals surface area contributed by atoms with E-state index in [0.29, 0.717) is 4.34 Å². The predicted molar refractivity (Wildman–Crippen MR) is 80.4 cm³/mol. The number of nitrogens with one attached hydrogen (secondary N) is 1. The third-order valence-electron chi connectivity index (χ3n) is 2.81. The highest BCUT2D eigenvalue weighted by Gasteiger charge is 2.20. The van der Waals surface area contributed by atoms with Gasteiger partial charge in [-0.2, -0.15) is 0 Å². The number of carboxylic acid groups (broad SMARTS) is 1. The first kappa shape index (κ1) is 16.8. The molecule has 20 heavy (non-hydrogen) atoms. The van der Waals surface area contributed by atoms with Gasteiger partial charge in [-0.15, -0.1) is 11.3 Å². The molecule has 1 aromatic rings. The first-order valence-corrected chi connectivity index (χ1v) is 7.55. The molecule has 1 aromatic heterocycles. The molecule has 0 aliphatic carbocycles. The minimum atomic E-state index is -0.915. The number of thiophene rings is 1. The molecule has 5 nitrogen and oxygen atoms in total. The van der Waals surface area contributed by atoms with Crippen molar-refractivity contribution in [1.29, 1.82) is 0 Å². The van der Waals surface area contributed by atoms with E-state index in [4.69, 9.17) is 16.7 Å².